The Bertz CT molecular complexity index is 1010. The molecular formula is C20H19N3O5S. The van der Waals surface area contributed by atoms with Crippen LogP contribution in [0.3, 0.4) is 0 Å². The molecular weight excluding hydrogens is 394 g/mol. The van der Waals surface area contributed by atoms with Gasteiger partial charge in [0.05, 0.1) is 19.9 Å². The van der Waals surface area contributed by atoms with Crippen molar-refractivity contribution >= 4 is 28.9 Å². The van der Waals surface area contributed by atoms with E-state index in [2.05, 4.69) is 15.3 Å². The van der Waals surface area contributed by atoms with E-state index in [0.717, 1.165) is 0 Å². The predicted octanol–water partition coefficient (Wildman–Crippen LogP) is 3.41. The molecule has 0 fully saturated rings. The zero-order valence-corrected chi connectivity index (χ0v) is 16.9. The minimum atomic E-state index is -1.02. The Balaban J connectivity index is 1.62. The summed E-state index contributed by atoms with van der Waals surface area (Å²) in [6.07, 6.45) is 0.630. The van der Waals surface area contributed by atoms with Crippen molar-refractivity contribution < 1.29 is 23.8 Å². The molecule has 0 aliphatic carbocycles. The van der Waals surface area contributed by atoms with Crippen molar-refractivity contribution in [1.82, 2.24) is 9.97 Å². The van der Waals surface area contributed by atoms with Crippen molar-refractivity contribution in [2.24, 2.45) is 0 Å². The van der Waals surface area contributed by atoms with Gasteiger partial charge in [-0.15, -0.1) is 11.3 Å². The van der Waals surface area contributed by atoms with Crippen molar-refractivity contribution in [3.05, 3.63) is 53.7 Å². The highest BCUT2D eigenvalue weighted by atomic mass is 32.1. The molecule has 29 heavy (non-hydrogen) atoms. The van der Waals surface area contributed by atoms with Crippen molar-refractivity contribution in [2.75, 3.05) is 19.5 Å². The number of pyridine rings is 1. The largest absolute Gasteiger partial charge is 0.493 e. The number of esters is 1. The van der Waals surface area contributed by atoms with Crippen LogP contribution < -0.4 is 14.8 Å². The van der Waals surface area contributed by atoms with Gasteiger partial charge >= 0.3 is 5.97 Å². The van der Waals surface area contributed by atoms with Gasteiger partial charge in [0.15, 0.2) is 23.3 Å². The molecule has 0 saturated heterocycles. The van der Waals surface area contributed by atoms with E-state index in [1.807, 2.05) is 6.07 Å². The number of anilines is 1. The fourth-order valence-electron chi connectivity index (χ4n) is 2.41. The number of nitrogens with one attached hydrogen (secondary N) is 1. The molecule has 0 saturated carbocycles. The van der Waals surface area contributed by atoms with E-state index >= 15 is 0 Å². The summed E-state index contributed by atoms with van der Waals surface area (Å²) in [5.41, 5.74) is 1.28. The first-order chi connectivity index (χ1) is 14.0. The summed E-state index contributed by atoms with van der Waals surface area (Å²) in [5.74, 6) is -0.152. The molecule has 0 radical (unpaired) electrons. The van der Waals surface area contributed by atoms with Crippen LogP contribution in [0.25, 0.3) is 10.7 Å². The number of ether oxygens (including phenoxy) is 3. The highest BCUT2D eigenvalue weighted by Gasteiger charge is 2.21. The van der Waals surface area contributed by atoms with E-state index in [1.54, 1.807) is 41.9 Å². The number of carbonyl (C=O) groups excluding carboxylic acids is 2. The van der Waals surface area contributed by atoms with Crippen LogP contribution in [0.15, 0.2) is 48.0 Å². The third-order valence-corrected chi connectivity index (χ3v) is 4.77. The van der Waals surface area contributed by atoms with Crippen LogP contribution in [0.1, 0.15) is 17.4 Å². The van der Waals surface area contributed by atoms with Gasteiger partial charge in [0, 0.05) is 23.3 Å². The highest BCUT2D eigenvalue weighted by Crippen LogP contribution is 2.29. The number of rotatable bonds is 7. The summed E-state index contributed by atoms with van der Waals surface area (Å²) >= 11 is 1.28. The lowest BCUT2D eigenvalue weighted by Crippen LogP contribution is -2.30. The van der Waals surface area contributed by atoms with Crippen LogP contribution in [0.4, 0.5) is 5.69 Å². The predicted molar refractivity (Wildman–Crippen MR) is 108 cm³/mol. The van der Waals surface area contributed by atoms with Gasteiger partial charge in [-0.1, -0.05) is 6.07 Å². The van der Waals surface area contributed by atoms with Gasteiger partial charge in [0.2, 0.25) is 0 Å². The maximum Gasteiger partial charge on any atom is 0.358 e. The number of carbonyl (C=O) groups is 2. The van der Waals surface area contributed by atoms with Crippen molar-refractivity contribution in [3.63, 3.8) is 0 Å². The van der Waals surface area contributed by atoms with Crippen molar-refractivity contribution in [2.45, 2.75) is 13.0 Å². The Morgan fingerprint density at radius 3 is 2.59 bits per heavy atom. The molecule has 0 aliphatic heterocycles. The number of benzene rings is 1. The van der Waals surface area contributed by atoms with Crippen LogP contribution in [0, 0.1) is 0 Å². The van der Waals surface area contributed by atoms with Gasteiger partial charge in [-0.05, 0) is 31.2 Å². The number of hydrogen-bond acceptors (Lipinski definition) is 8. The molecule has 1 N–H and O–H groups in total. The summed E-state index contributed by atoms with van der Waals surface area (Å²) in [6, 6.07) is 10.4. The second kappa shape index (κ2) is 9.16. The lowest BCUT2D eigenvalue weighted by atomic mass is 10.2. The number of thiazole rings is 1. The Labute approximate surface area is 171 Å². The average Bonchev–Trinajstić information content (AvgIpc) is 3.24. The topological polar surface area (TPSA) is 99.6 Å². The summed E-state index contributed by atoms with van der Waals surface area (Å²) in [7, 11) is 3.02. The monoisotopic (exact) mass is 413 g/mol. The quantitative estimate of drug-likeness (QED) is 0.593. The lowest BCUT2D eigenvalue weighted by Gasteiger charge is -2.14. The fraction of sp³-hybridized carbons (Fsp3) is 0.200. The maximum atomic E-state index is 12.4. The van der Waals surface area contributed by atoms with Gasteiger partial charge in [0.1, 0.15) is 5.01 Å². The Morgan fingerprint density at radius 1 is 1.10 bits per heavy atom. The molecule has 8 nitrogen and oxygen atoms in total. The number of methoxy groups -OCH3 is 2. The van der Waals surface area contributed by atoms with Crippen LogP contribution in [0.2, 0.25) is 0 Å². The SMILES string of the molecule is COc1ccc(NC(=O)[C@@H](C)OC(=O)c2csc(-c3ccccn3)n2)cc1OC. The van der Waals surface area contributed by atoms with Crippen LogP contribution in [-0.4, -0.2) is 42.2 Å². The van der Waals surface area contributed by atoms with Crippen molar-refractivity contribution in [1.29, 1.82) is 0 Å². The number of hydrogen-bond donors (Lipinski definition) is 1. The summed E-state index contributed by atoms with van der Waals surface area (Å²) < 4.78 is 15.6. The van der Waals surface area contributed by atoms with E-state index in [9.17, 15) is 9.59 Å². The Morgan fingerprint density at radius 2 is 1.90 bits per heavy atom. The number of nitrogens with zero attached hydrogens (tertiary/aromatic N) is 2. The molecule has 150 valence electrons. The molecule has 0 spiro atoms. The third-order valence-electron chi connectivity index (χ3n) is 3.90. The van der Waals surface area contributed by atoms with E-state index in [1.165, 1.54) is 32.5 Å². The van der Waals surface area contributed by atoms with E-state index < -0.39 is 18.0 Å². The highest BCUT2D eigenvalue weighted by molar-refractivity contribution is 7.13. The normalized spacial score (nSPS) is 11.4. The van der Waals surface area contributed by atoms with Crippen LogP contribution >= 0.6 is 11.3 Å². The lowest BCUT2D eigenvalue weighted by molar-refractivity contribution is -0.123. The Kier molecular flexibility index (Phi) is 6.40. The standard InChI is InChI=1S/C20H19N3O5S/c1-12(18(24)22-13-7-8-16(26-2)17(10-13)27-3)28-20(25)15-11-29-19(23-15)14-6-4-5-9-21-14/h4-12H,1-3H3,(H,22,24)/t12-/m1/s1. The molecule has 2 heterocycles. The van der Waals surface area contributed by atoms with Gasteiger partial charge < -0.3 is 19.5 Å². The van der Waals surface area contributed by atoms with Gasteiger partial charge in [-0.25, -0.2) is 9.78 Å². The number of amides is 1. The fourth-order valence-corrected chi connectivity index (χ4v) is 3.17. The zero-order chi connectivity index (χ0) is 20.8. The average molecular weight is 413 g/mol. The molecule has 0 unspecified atom stereocenters. The molecule has 3 rings (SSSR count). The Hall–Kier alpha value is -3.46. The maximum absolute atomic E-state index is 12.4. The van der Waals surface area contributed by atoms with Crippen molar-refractivity contribution in [3.8, 4) is 22.2 Å². The van der Waals surface area contributed by atoms with Gasteiger partial charge in [0.25, 0.3) is 5.91 Å². The molecule has 0 bridgehead atoms. The first-order valence-corrected chi connectivity index (χ1v) is 9.50. The zero-order valence-electron chi connectivity index (χ0n) is 16.0. The molecule has 1 amide bonds. The van der Waals surface area contributed by atoms with Crippen LogP contribution in [0.5, 0.6) is 11.5 Å². The summed E-state index contributed by atoms with van der Waals surface area (Å²) in [5, 5.41) is 4.85. The molecule has 0 aliphatic rings. The van der Waals surface area contributed by atoms with E-state index in [-0.39, 0.29) is 5.69 Å². The van der Waals surface area contributed by atoms with E-state index in [0.29, 0.717) is 27.9 Å². The minimum Gasteiger partial charge on any atom is -0.493 e. The van der Waals surface area contributed by atoms with E-state index in [4.69, 9.17) is 14.2 Å². The molecule has 1 aromatic carbocycles. The first-order valence-electron chi connectivity index (χ1n) is 8.62. The second-order valence-electron chi connectivity index (χ2n) is 5.86. The second-order valence-corrected chi connectivity index (χ2v) is 6.72. The molecule has 2 aromatic heterocycles. The third kappa shape index (κ3) is 4.88. The number of aromatic nitrogens is 2. The molecule has 3 aromatic rings. The molecule has 9 heteroatoms. The summed E-state index contributed by atoms with van der Waals surface area (Å²) in [6.45, 7) is 1.49. The van der Waals surface area contributed by atoms with Crippen LogP contribution in [-0.2, 0) is 9.53 Å². The summed E-state index contributed by atoms with van der Waals surface area (Å²) in [4.78, 5) is 33.1. The van der Waals surface area contributed by atoms with Gasteiger partial charge in [-0.3, -0.25) is 9.78 Å². The first kappa shape index (κ1) is 20.3. The van der Waals surface area contributed by atoms with Gasteiger partial charge in [-0.2, -0.15) is 0 Å². The molecule has 1 atom stereocenters. The minimum absolute atomic E-state index is 0.126. The smallest absolute Gasteiger partial charge is 0.358 e.